The monoisotopic (exact) mass is 695 g/mol. The number of fused-ring (bicyclic) bond motifs is 1. The Morgan fingerprint density at radius 1 is 0.979 bits per heavy atom. The first-order valence-electron chi connectivity index (χ1n) is 16.0. The van der Waals surface area contributed by atoms with Crippen LogP contribution in [0.2, 0.25) is 23.2 Å². The third kappa shape index (κ3) is 6.44. The van der Waals surface area contributed by atoms with Gasteiger partial charge in [0.15, 0.2) is 8.32 Å². The second-order valence-corrected chi connectivity index (χ2v) is 25.3. The molecule has 0 spiro atoms. The molecule has 0 aliphatic carbocycles. The Hall–Kier alpha value is -2.97. The van der Waals surface area contributed by atoms with E-state index in [2.05, 4.69) is 61.2 Å². The molecule has 8 nitrogen and oxygen atoms in total. The number of carboxylic acid groups (broad SMARTS) is 1. The zero-order valence-electron chi connectivity index (χ0n) is 29.2. The lowest BCUT2D eigenvalue weighted by atomic mass is 9.80. The van der Waals surface area contributed by atoms with E-state index in [4.69, 9.17) is 13.6 Å². The molecule has 0 bridgehead atoms. The average molecular weight is 696 g/mol. The van der Waals surface area contributed by atoms with E-state index in [1.807, 2.05) is 67.6 Å². The molecule has 2 aliphatic heterocycles. The number of esters is 1. The van der Waals surface area contributed by atoms with Gasteiger partial charge in [0, 0.05) is 6.92 Å². The van der Waals surface area contributed by atoms with Gasteiger partial charge in [-0.2, -0.15) is 0 Å². The van der Waals surface area contributed by atoms with Gasteiger partial charge < -0.3 is 18.7 Å². The second-order valence-electron chi connectivity index (χ2n) is 14.9. The summed E-state index contributed by atoms with van der Waals surface area (Å²) in [6, 6.07) is 19.7. The number of β-lactam (4-membered cyclic amide) rings is 1. The fourth-order valence-electron chi connectivity index (χ4n) is 6.59. The standard InChI is InChI=1S/C36H49NO7SSi2/c1-12-23-36-28(24(2)43-46(10,11)34(4,5)6)31(39)37(36)29(32(40)41)30(45-36)33(42-25(3)38)44-47(35(7,8)9,26-19-15-13-16-20-26)27-21-17-14-18-22-27/h12-22,24,28,33H,1,23H2,2-11H3,(H,40,41)/t24-,28+,33?,36-/m1/s1. The first-order valence-corrected chi connectivity index (χ1v) is 21.6. The van der Waals surface area contributed by atoms with E-state index in [1.165, 1.54) is 23.6 Å². The Balaban J connectivity index is 1.90. The van der Waals surface area contributed by atoms with E-state index in [-0.39, 0.29) is 21.5 Å². The molecule has 254 valence electrons. The van der Waals surface area contributed by atoms with Crippen molar-refractivity contribution in [3.63, 3.8) is 0 Å². The average Bonchev–Trinajstić information content (AvgIpc) is 3.25. The number of aliphatic carboxylic acids is 1. The number of rotatable bonds is 12. The summed E-state index contributed by atoms with van der Waals surface area (Å²) in [6.07, 6.45) is 0.106. The first kappa shape index (κ1) is 36.9. The maximum atomic E-state index is 14.1. The highest BCUT2D eigenvalue weighted by Gasteiger charge is 2.70. The molecule has 2 aromatic rings. The Morgan fingerprint density at radius 3 is 1.89 bits per heavy atom. The SMILES string of the molecule is C=CC[C@]12SC(C(OC(C)=O)O[Si](c3ccccc3)(c3ccccc3)C(C)(C)C)=C(C(=O)O)N1C(=O)[C@@H]2[C@@H](C)O[Si](C)(C)C(C)(C)C. The number of hydrogen-bond donors (Lipinski definition) is 1. The minimum absolute atomic E-state index is 0.0954. The van der Waals surface area contributed by atoms with Crippen LogP contribution < -0.4 is 10.4 Å². The normalized spacial score (nSPS) is 21.5. The van der Waals surface area contributed by atoms with Crippen molar-refractivity contribution >= 4 is 56.6 Å². The predicted molar refractivity (Wildman–Crippen MR) is 192 cm³/mol. The zero-order valence-corrected chi connectivity index (χ0v) is 32.1. The van der Waals surface area contributed by atoms with E-state index in [1.54, 1.807) is 6.08 Å². The number of ether oxygens (including phenoxy) is 1. The molecular formula is C36H49NO7SSi2. The Morgan fingerprint density at radius 2 is 1.49 bits per heavy atom. The van der Waals surface area contributed by atoms with E-state index in [0.29, 0.717) is 6.42 Å². The van der Waals surface area contributed by atoms with Crippen molar-refractivity contribution in [1.82, 2.24) is 4.90 Å². The predicted octanol–water partition coefficient (Wildman–Crippen LogP) is 6.64. The van der Waals surface area contributed by atoms with Crippen molar-refractivity contribution in [1.29, 1.82) is 0 Å². The van der Waals surface area contributed by atoms with E-state index in [9.17, 15) is 19.5 Å². The van der Waals surface area contributed by atoms with Crippen LogP contribution in [0.3, 0.4) is 0 Å². The summed E-state index contributed by atoms with van der Waals surface area (Å²) in [5, 5.41) is 12.0. The summed E-state index contributed by atoms with van der Waals surface area (Å²) in [6.45, 7) is 24.1. The number of nitrogens with zero attached hydrogens (tertiary/aromatic N) is 1. The van der Waals surface area contributed by atoms with Gasteiger partial charge in [-0.05, 0) is 46.9 Å². The van der Waals surface area contributed by atoms with Crippen LogP contribution in [-0.2, 0) is 28.0 Å². The van der Waals surface area contributed by atoms with Crippen molar-refractivity contribution in [2.24, 2.45) is 5.92 Å². The zero-order chi connectivity index (χ0) is 35.2. The molecule has 47 heavy (non-hydrogen) atoms. The third-order valence-corrected chi connectivity index (χ3v) is 20.8. The summed E-state index contributed by atoms with van der Waals surface area (Å²) in [5.41, 5.74) is -0.234. The highest BCUT2D eigenvalue weighted by Crippen LogP contribution is 2.62. The quantitative estimate of drug-likeness (QED) is 0.0868. The molecule has 2 aliphatic rings. The molecule has 0 aromatic heterocycles. The van der Waals surface area contributed by atoms with Gasteiger partial charge in [-0.1, -0.05) is 120 Å². The van der Waals surface area contributed by atoms with Crippen LogP contribution in [-0.4, -0.2) is 61.8 Å². The van der Waals surface area contributed by atoms with Gasteiger partial charge in [-0.3, -0.25) is 14.5 Å². The van der Waals surface area contributed by atoms with Crippen LogP contribution in [0.1, 0.15) is 61.8 Å². The van der Waals surface area contributed by atoms with Gasteiger partial charge in [0.1, 0.15) is 10.6 Å². The summed E-state index contributed by atoms with van der Waals surface area (Å²) < 4.78 is 19.9. The molecule has 1 unspecified atom stereocenters. The second kappa shape index (κ2) is 13.2. The summed E-state index contributed by atoms with van der Waals surface area (Å²) in [4.78, 5) is 40.5. The maximum Gasteiger partial charge on any atom is 0.353 e. The lowest BCUT2D eigenvalue weighted by molar-refractivity contribution is -0.165. The first-order chi connectivity index (χ1) is 21.7. The van der Waals surface area contributed by atoms with Crippen LogP contribution in [0.4, 0.5) is 0 Å². The largest absolute Gasteiger partial charge is 0.477 e. The van der Waals surface area contributed by atoms with Gasteiger partial charge in [0.2, 0.25) is 12.2 Å². The topological polar surface area (TPSA) is 102 Å². The molecule has 4 atom stereocenters. The van der Waals surface area contributed by atoms with Gasteiger partial charge in [0.05, 0.1) is 16.9 Å². The minimum Gasteiger partial charge on any atom is -0.477 e. The van der Waals surface area contributed by atoms with Crippen LogP contribution >= 0.6 is 11.8 Å². The highest BCUT2D eigenvalue weighted by molar-refractivity contribution is 8.04. The Bertz CT molecular complexity index is 1510. The Kier molecular flexibility index (Phi) is 10.3. The van der Waals surface area contributed by atoms with E-state index in [0.717, 1.165) is 10.4 Å². The minimum atomic E-state index is -3.35. The van der Waals surface area contributed by atoms with Gasteiger partial charge >= 0.3 is 11.9 Å². The number of hydrogen-bond acceptors (Lipinski definition) is 7. The molecule has 0 radical (unpaired) electrons. The molecule has 11 heteroatoms. The van der Waals surface area contributed by atoms with Crippen LogP contribution in [0.5, 0.6) is 0 Å². The summed E-state index contributed by atoms with van der Waals surface area (Å²) >= 11 is 1.22. The van der Waals surface area contributed by atoms with Crippen molar-refractivity contribution < 1.29 is 33.1 Å². The summed E-state index contributed by atoms with van der Waals surface area (Å²) in [5.74, 6) is -2.93. The van der Waals surface area contributed by atoms with Crippen molar-refractivity contribution in [2.75, 3.05) is 0 Å². The van der Waals surface area contributed by atoms with Gasteiger partial charge in [0.25, 0.3) is 8.32 Å². The molecule has 2 heterocycles. The fourth-order valence-corrected chi connectivity index (χ4v) is 14.3. The van der Waals surface area contributed by atoms with Gasteiger partial charge in [-0.25, -0.2) is 4.79 Å². The number of carbonyl (C=O) groups excluding carboxylic acids is 2. The van der Waals surface area contributed by atoms with E-state index < -0.39 is 56.8 Å². The smallest absolute Gasteiger partial charge is 0.353 e. The summed E-state index contributed by atoms with van der Waals surface area (Å²) in [7, 11) is -5.64. The number of benzene rings is 2. The van der Waals surface area contributed by atoms with Crippen molar-refractivity contribution in [3.05, 3.63) is 83.9 Å². The number of amides is 1. The fraction of sp³-hybridized carbons (Fsp3) is 0.472. The molecule has 1 amide bonds. The van der Waals surface area contributed by atoms with Crippen LogP contribution in [0, 0.1) is 5.92 Å². The van der Waals surface area contributed by atoms with Crippen LogP contribution in [0.15, 0.2) is 83.9 Å². The number of thioether (sulfide) groups is 1. The highest BCUT2D eigenvalue weighted by atomic mass is 32.2. The number of carbonyl (C=O) groups is 3. The molecule has 1 saturated heterocycles. The Labute approximate surface area is 285 Å². The van der Waals surface area contributed by atoms with Gasteiger partial charge in [-0.15, -0.1) is 6.58 Å². The molecule has 1 fully saturated rings. The molecule has 1 N–H and O–H groups in total. The molecule has 4 rings (SSSR count). The lowest BCUT2D eigenvalue weighted by Crippen LogP contribution is -2.70. The number of carboxylic acids is 1. The van der Waals surface area contributed by atoms with Crippen molar-refractivity contribution in [2.45, 2.75) is 102 Å². The molecule has 0 saturated carbocycles. The van der Waals surface area contributed by atoms with Crippen LogP contribution in [0.25, 0.3) is 0 Å². The third-order valence-electron chi connectivity index (χ3n) is 9.68. The maximum absolute atomic E-state index is 14.1. The van der Waals surface area contributed by atoms with E-state index >= 15 is 0 Å². The molecular weight excluding hydrogens is 647 g/mol. The molecule has 2 aromatic carbocycles. The lowest BCUT2D eigenvalue weighted by Gasteiger charge is -2.56. The van der Waals surface area contributed by atoms with Crippen molar-refractivity contribution in [3.8, 4) is 0 Å².